The van der Waals surface area contributed by atoms with Gasteiger partial charge >= 0.3 is 35.5 Å². The second kappa shape index (κ2) is 8.79. The molecule has 1 N–H and O–H groups in total. The minimum Gasteiger partial charge on any atom is -1.00 e. The first-order chi connectivity index (χ1) is 10.8. The molecule has 2 aromatic rings. The maximum absolute atomic E-state index is 14.2. The van der Waals surface area contributed by atoms with Crippen molar-refractivity contribution in [1.29, 1.82) is 0 Å². The molecule has 0 amide bonds. The molecule has 1 aliphatic heterocycles. The van der Waals surface area contributed by atoms with E-state index in [2.05, 4.69) is 4.98 Å². The summed E-state index contributed by atoms with van der Waals surface area (Å²) in [5.41, 5.74) is -0.605. The predicted molar refractivity (Wildman–Crippen MR) is 86.1 cm³/mol. The number of aryl methyl sites for hydroxylation is 1. The Morgan fingerprint density at radius 1 is 1.44 bits per heavy atom. The fourth-order valence-corrected chi connectivity index (χ4v) is 3.39. The molecule has 9 heteroatoms. The van der Waals surface area contributed by atoms with Crippen LogP contribution in [0.3, 0.4) is 0 Å². The Morgan fingerprint density at radius 3 is 2.64 bits per heavy atom. The molecule has 5 nitrogen and oxygen atoms in total. The average molecular weight is 395 g/mol. The van der Waals surface area contributed by atoms with Gasteiger partial charge in [0.2, 0.25) is 0 Å². The van der Waals surface area contributed by atoms with Gasteiger partial charge in [-0.2, -0.15) is 0 Å². The van der Waals surface area contributed by atoms with Gasteiger partial charge in [0.15, 0.2) is 5.67 Å². The van der Waals surface area contributed by atoms with Crippen LogP contribution in [0.15, 0.2) is 24.4 Å². The minimum absolute atomic E-state index is 0. The summed E-state index contributed by atoms with van der Waals surface area (Å²) in [6, 6.07) is 4.67. The van der Waals surface area contributed by atoms with Gasteiger partial charge in [0, 0.05) is 29.7 Å². The zero-order valence-corrected chi connectivity index (χ0v) is 17.8. The first kappa shape index (κ1) is 22.3. The number of rotatable bonds is 5. The number of alkyl halides is 1. The Balaban J connectivity index is 0.00000156. The van der Waals surface area contributed by atoms with Crippen LogP contribution in [0.5, 0.6) is 5.75 Å². The summed E-state index contributed by atoms with van der Waals surface area (Å²) < 4.78 is 19.8. The molecule has 25 heavy (non-hydrogen) atoms. The van der Waals surface area contributed by atoms with Gasteiger partial charge in [-0.1, -0.05) is 0 Å². The number of benzene rings is 1. The number of likely N-dealkylation sites (tertiary alicyclic amines) is 1. The quantitative estimate of drug-likeness (QED) is 0.543. The zero-order valence-electron chi connectivity index (χ0n) is 14.3. The molecule has 0 unspecified atom stereocenters. The van der Waals surface area contributed by atoms with Crippen molar-refractivity contribution >= 4 is 17.3 Å². The molecule has 1 fully saturated rings. The van der Waals surface area contributed by atoms with E-state index < -0.39 is 11.6 Å². The molecule has 1 aromatic heterocycles. The van der Waals surface area contributed by atoms with Gasteiger partial charge in [-0.25, -0.2) is 14.2 Å². The number of carboxylic acid groups (broad SMARTS) is 1. The van der Waals surface area contributed by atoms with Crippen LogP contribution in [0, 0.1) is 6.92 Å². The van der Waals surface area contributed by atoms with E-state index in [1.54, 1.807) is 18.3 Å². The van der Waals surface area contributed by atoms with Gasteiger partial charge in [0.05, 0.1) is 5.56 Å². The van der Waals surface area contributed by atoms with Crippen LogP contribution in [0.25, 0.3) is 10.6 Å². The van der Waals surface area contributed by atoms with Crippen molar-refractivity contribution in [3.8, 4) is 16.3 Å². The van der Waals surface area contributed by atoms with Gasteiger partial charge in [-0.15, -0.1) is 11.3 Å². The predicted octanol–water partition coefficient (Wildman–Crippen LogP) is -3.14. The third-order valence-electron chi connectivity index (χ3n) is 3.63. The van der Waals surface area contributed by atoms with E-state index in [1.165, 1.54) is 17.4 Å². The summed E-state index contributed by atoms with van der Waals surface area (Å²) in [6.07, 6.45) is 1.73. The monoisotopic (exact) mass is 394 g/mol. The van der Waals surface area contributed by atoms with E-state index in [4.69, 9.17) is 4.74 Å². The molecule has 0 bridgehead atoms. The number of hydrogen-bond acceptors (Lipinski definition) is 5. The average Bonchev–Trinajstić information content (AvgIpc) is 2.90. The Morgan fingerprint density at radius 2 is 2.12 bits per heavy atom. The summed E-state index contributed by atoms with van der Waals surface area (Å²) in [5.74, 6) is -0.706. The number of nitrogens with zero attached hydrogens (tertiary/aromatic N) is 2. The van der Waals surface area contributed by atoms with Crippen LogP contribution in [-0.4, -0.2) is 53.4 Å². The van der Waals surface area contributed by atoms with Crippen molar-refractivity contribution in [3.63, 3.8) is 0 Å². The first-order valence-corrected chi connectivity index (χ1v) is 7.98. The number of aromatic nitrogens is 1. The van der Waals surface area contributed by atoms with Gasteiger partial charge < -0.3 is 22.3 Å². The number of thiazole rings is 1. The van der Waals surface area contributed by atoms with Gasteiger partial charge in [-0.05, 0) is 32.2 Å². The van der Waals surface area contributed by atoms with Crippen LogP contribution in [0.2, 0.25) is 0 Å². The molecular formula is C16H17ClFN2NaO3S. The van der Waals surface area contributed by atoms with Gasteiger partial charge in [-0.3, -0.25) is 4.90 Å². The summed E-state index contributed by atoms with van der Waals surface area (Å²) in [7, 11) is 1.84. The smallest absolute Gasteiger partial charge is 1.00 e. The summed E-state index contributed by atoms with van der Waals surface area (Å²) in [4.78, 5) is 18.5. The molecule has 0 radical (unpaired) electrons. The Labute approximate surface area is 177 Å². The van der Waals surface area contributed by atoms with E-state index in [0.717, 1.165) is 4.88 Å². The second-order valence-electron chi connectivity index (χ2n) is 5.94. The molecule has 0 saturated carbocycles. The van der Waals surface area contributed by atoms with Crippen molar-refractivity contribution in [1.82, 2.24) is 9.88 Å². The summed E-state index contributed by atoms with van der Waals surface area (Å²) in [6.45, 7) is 2.49. The van der Waals surface area contributed by atoms with Crippen molar-refractivity contribution in [2.75, 3.05) is 26.7 Å². The van der Waals surface area contributed by atoms with E-state index in [0.29, 0.717) is 29.4 Å². The van der Waals surface area contributed by atoms with Crippen molar-refractivity contribution in [2.24, 2.45) is 0 Å². The Hall–Kier alpha value is -0.700. The number of aromatic carboxylic acids is 1. The minimum atomic E-state index is -1.37. The molecule has 3 rings (SSSR count). The zero-order chi connectivity index (χ0) is 16.6. The molecule has 1 saturated heterocycles. The molecule has 1 aromatic carbocycles. The molecule has 0 aliphatic carbocycles. The number of carboxylic acids is 1. The molecule has 0 spiro atoms. The SMILES string of the molecule is Cc1cnc(-c2cc(OCC3(F)CN(C)C3)cc(C(=O)O)c2)s1.[Cl-].[Na+]. The van der Waals surface area contributed by atoms with Crippen molar-refractivity contribution < 1.29 is 61.0 Å². The van der Waals surface area contributed by atoms with Crippen LogP contribution < -0.4 is 46.7 Å². The Kier molecular flexibility index (Phi) is 7.86. The largest absolute Gasteiger partial charge is 1.00 e. The molecule has 1 aliphatic rings. The first-order valence-electron chi connectivity index (χ1n) is 7.16. The number of halogens is 2. The van der Waals surface area contributed by atoms with E-state index >= 15 is 0 Å². The number of carbonyl (C=O) groups is 1. The maximum atomic E-state index is 14.2. The molecule has 130 valence electrons. The standard InChI is InChI=1S/C16H17FN2O3S.ClH.Na/c1-10-6-18-14(23-10)11-3-12(15(20)21)5-13(4-11)22-9-16(17)7-19(2)8-16;;/h3-6H,7-9H2,1-2H3,(H,20,21);1H;/q;;+1/p-1. The van der Waals surface area contributed by atoms with E-state index in [1.807, 2.05) is 18.9 Å². The normalized spacial score (nSPS) is 15.5. The number of hydrogen-bond donors (Lipinski definition) is 1. The second-order valence-corrected chi connectivity index (χ2v) is 7.17. The third-order valence-corrected chi connectivity index (χ3v) is 4.59. The maximum Gasteiger partial charge on any atom is 1.00 e. The number of ether oxygens (including phenoxy) is 1. The molecule has 2 heterocycles. The van der Waals surface area contributed by atoms with Crippen LogP contribution >= 0.6 is 11.3 Å². The molecular weight excluding hydrogens is 378 g/mol. The van der Waals surface area contributed by atoms with Crippen LogP contribution in [0.4, 0.5) is 4.39 Å². The van der Waals surface area contributed by atoms with Gasteiger partial charge in [0.1, 0.15) is 17.4 Å². The van der Waals surface area contributed by atoms with Crippen LogP contribution in [0.1, 0.15) is 15.2 Å². The summed E-state index contributed by atoms with van der Waals surface area (Å²) in [5, 5.41) is 9.97. The van der Waals surface area contributed by atoms with Crippen molar-refractivity contribution in [2.45, 2.75) is 12.6 Å². The van der Waals surface area contributed by atoms with E-state index in [-0.39, 0.29) is 54.1 Å². The van der Waals surface area contributed by atoms with Gasteiger partial charge in [0.25, 0.3) is 0 Å². The fraction of sp³-hybridized carbons (Fsp3) is 0.375. The third kappa shape index (κ3) is 5.39. The molecule has 0 atom stereocenters. The Bertz CT molecular complexity index is 753. The van der Waals surface area contributed by atoms with Crippen LogP contribution in [-0.2, 0) is 0 Å². The fourth-order valence-electron chi connectivity index (χ4n) is 2.64. The topological polar surface area (TPSA) is 62.7 Å². The van der Waals surface area contributed by atoms with Crippen molar-refractivity contribution in [3.05, 3.63) is 34.8 Å². The summed E-state index contributed by atoms with van der Waals surface area (Å²) >= 11 is 1.47. The van der Waals surface area contributed by atoms with E-state index in [9.17, 15) is 14.3 Å².